The molecule has 0 radical (unpaired) electrons. The number of hydrogen-bond acceptors (Lipinski definition) is 5. The van der Waals surface area contributed by atoms with Crippen molar-refractivity contribution in [1.29, 1.82) is 0 Å². The van der Waals surface area contributed by atoms with Crippen LogP contribution in [0, 0.1) is 0 Å². The number of carbonyl (C=O) groups is 1. The smallest absolute Gasteiger partial charge is 0.243 e. The first-order valence-electron chi connectivity index (χ1n) is 8.10. The maximum atomic E-state index is 12.9. The van der Waals surface area contributed by atoms with Gasteiger partial charge in [-0.3, -0.25) is 4.79 Å². The number of methoxy groups -OCH3 is 2. The number of sulfonamides is 1. The summed E-state index contributed by atoms with van der Waals surface area (Å²) < 4.78 is 37.0. The number of carbonyl (C=O) groups excluding carboxylic acids is 1. The summed E-state index contributed by atoms with van der Waals surface area (Å²) >= 11 is 0. The quantitative estimate of drug-likeness (QED) is 0.665. The average Bonchev–Trinajstić information content (AvgIpc) is 2.68. The van der Waals surface area contributed by atoms with Crippen LogP contribution in [0.1, 0.15) is 0 Å². The van der Waals surface area contributed by atoms with Crippen molar-refractivity contribution in [2.24, 2.45) is 0 Å². The standard InChI is InChI=1S/C19H22N2O5S/c1-4-13-21(27(23,24)16-11-9-15(25-2)10-12-16)14-19(22)20-17-7-5-6-8-18(17)26-3/h4-12H,1,13-14H2,2-3H3,(H,20,22). The lowest BCUT2D eigenvalue weighted by Gasteiger charge is -2.20. The molecule has 144 valence electrons. The summed E-state index contributed by atoms with van der Waals surface area (Å²) in [5.41, 5.74) is 0.463. The highest BCUT2D eigenvalue weighted by atomic mass is 32.2. The van der Waals surface area contributed by atoms with E-state index in [1.807, 2.05) is 0 Å². The van der Waals surface area contributed by atoms with Crippen LogP contribution in [0.2, 0.25) is 0 Å². The van der Waals surface area contributed by atoms with Crippen LogP contribution in [0.25, 0.3) is 0 Å². The first-order chi connectivity index (χ1) is 12.9. The summed E-state index contributed by atoms with van der Waals surface area (Å²) in [5, 5.41) is 2.67. The Labute approximate surface area is 159 Å². The van der Waals surface area contributed by atoms with Crippen molar-refractivity contribution in [2.75, 3.05) is 32.6 Å². The lowest BCUT2D eigenvalue weighted by Crippen LogP contribution is -2.38. The summed E-state index contributed by atoms with van der Waals surface area (Å²) in [5.74, 6) is 0.538. The number of rotatable bonds is 9. The Kier molecular flexibility index (Phi) is 6.98. The van der Waals surface area contributed by atoms with Gasteiger partial charge in [0.25, 0.3) is 0 Å². The maximum absolute atomic E-state index is 12.9. The molecule has 0 aliphatic carbocycles. The van der Waals surface area contributed by atoms with Crippen LogP contribution in [-0.2, 0) is 14.8 Å². The van der Waals surface area contributed by atoms with Crippen molar-refractivity contribution in [2.45, 2.75) is 4.90 Å². The Morgan fingerprint density at radius 3 is 2.37 bits per heavy atom. The molecule has 0 atom stereocenters. The van der Waals surface area contributed by atoms with Gasteiger partial charge < -0.3 is 14.8 Å². The Bertz CT molecular complexity index is 895. The number of anilines is 1. The molecule has 0 saturated carbocycles. The van der Waals surface area contributed by atoms with Crippen molar-refractivity contribution in [3.8, 4) is 11.5 Å². The van der Waals surface area contributed by atoms with Crippen molar-refractivity contribution in [3.63, 3.8) is 0 Å². The zero-order valence-electron chi connectivity index (χ0n) is 15.2. The number of nitrogens with zero attached hydrogens (tertiary/aromatic N) is 1. The molecule has 0 aliphatic heterocycles. The Hall–Kier alpha value is -2.84. The SMILES string of the molecule is C=CCN(CC(=O)Nc1ccccc1OC)S(=O)(=O)c1ccc(OC)cc1. The molecule has 1 amide bonds. The van der Waals surface area contributed by atoms with E-state index in [1.165, 1.54) is 32.4 Å². The van der Waals surface area contributed by atoms with Gasteiger partial charge in [0.15, 0.2) is 0 Å². The van der Waals surface area contributed by atoms with Crippen molar-refractivity contribution in [1.82, 2.24) is 4.31 Å². The second kappa shape index (κ2) is 9.20. The molecule has 27 heavy (non-hydrogen) atoms. The highest BCUT2D eigenvalue weighted by Gasteiger charge is 2.26. The number of para-hydroxylation sites is 2. The summed E-state index contributed by atoms with van der Waals surface area (Å²) in [7, 11) is -0.892. The summed E-state index contributed by atoms with van der Waals surface area (Å²) in [6, 6.07) is 12.9. The normalized spacial score (nSPS) is 11.1. The van der Waals surface area contributed by atoms with Crippen LogP contribution >= 0.6 is 0 Å². The number of ether oxygens (including phenoxy) is 2. The second-order valence-corrected chi connectivity index (χ2v) is 7.45. The number of hydrogen-bond donors (Lipinski definition) is 1. The Morgan fingerprint density at radius 2 is 1.78 bits per heavy atom. The van der Waals surface area contributed by atoms with E-state index < -0.39 is 15.9 Å². The van der Waals surface area contributed by atoms with Gasteiger partial charge in [-0.2, -0.15) is 4.31 Å². The van der Waals surface area contributed by atoms with Gasteiger partial charge in [0.05, 0.1) is 31.3 Å². The Morgan fingerprint density at radius 1 is 1.11 bits per heavy atom. The van der Waals surface area contributed by atoms with E-state index in [0.29, 0.717) is 17.2 Å². The molecule has 0 spiro atoms. The van der Waals surface area contributed by atoms with Gasteiger partial charge in [-0.1, -0.05) is 18.2 Å². The molecular formula is C19H22N2O5S. The number of amides is 1. The first kappa shape index (κ1) is 20.5. The monoisotopic (exact) mass is 390 g/mol. The minimum Gasteiger partial charge on any atom is -0.497 e. The van der Waals surface area contributed by atoms with Gasteiger partial charge >= 0.3 is 0 Å². The zero-order chi connectivity index (χ0) is 19.9. The molecule has 0 heterocycles. The van der Waals surface area contributed by atoms with Crippen LogP contribution in [-0.4, -0.2) is 45.9 Å². The van der Waals surface area contributed by atoms with E-state index in [9.17, 15) is 13.2 Å². The van der Waals surface area contributed by atoms with Crippen LogP contribution in [0.15, 0.2) is 66.1 Å². The molecule has 0 aromatic heterocycles. The van der Waals surface area contributed by atoms with E-state index in [0.717, 1.165) is 4.31 Å². The molecule has 0 saturated heterocycles. The largest absolute Gasteiger partial charge is 0.497 e. The molecule has 0 unspecified atom stereocenters. The molecule has 0 fully saturated rings. The Balaban J connectivity index is 2.20. The van der Waals surface area contributed by atoms with E-state index in [2.05, 4.69) is 11.9 Å². The predicted octanol–water partition coefficient (Wildman–Crippen LogP) is 2.52. The van der Waals surface area contributed by atoms with Gasteiger partial charge in [-0.25, -0.2) is 8.42 Å². The molecular weight excluding hydrogens is 368 g/mol. The highest BCUT2D eigenvalue weighted by molar-refractivity contribution is 7.89. The van der Waals surface area contributed by atoms with Gasteiger partial charge in [0.2, 0.25) is 15.9 Å². The van der Waals surface area contributed by atoms with E-state index in [1.54, 1.807) is 36.4 Å². The zero-order valence-corrected chi connectivity index (χ0v) is 16.0. The maximum Gasteiger partial charge on any atom is 0.243 e. The minimum atomic E-state index is -3.88. The predicted molar refractivity (Wildman–Crippen MR) is 104 cm³/mol. The number of benzene rings is 2. The third-order valence-electron chi connectivity index (χ3n) is 3.73. The second-order valence-electron chi connectivity index (χ2n) is 5.51. The van der Waals surface area contributed by atoms with E-state index in [-0.39, 0.29) is 18.0 Å². The fourth-order valence-electron chi connectivity index (χ4n) is 2.39. The van der Waals surface area contributed by atoms with Gasteiger partial charge in [0, 0.05) is 6.54 Å². The summed E-state index contributed by atoms with van der Waals surface area (Å²) in [4.78, 5) is 12.5. The van der Waals surface area contributed by atoms with Gasteiger partial charge in [-0.05, 0) is 36.4 Å². The molecule has 2 aromatic carbocycles. The lowest BCUT2D eigenvalue weighted by molar-refractivity contribution is -0.116. The molecule has 0 aliphatic rings. The third-order valence-corrected chi connectivity index (χ3v) is 5.56. The van der Waals surface area contributed by atoms with Crippen molar-refractivity contribution < 1.29 is 22.7 Å². The van der Waals surface area contributed by atoms with Crippen molar-refractivity contribution >= 4 is 21.6 Å². The first-order valence-corrected chi connectivity index (χ1v) is 9.54. The molecule has 1 N–H and O–H groups in total. The summed E-state index contributed by atoms with van der Waals surface area (Å²) in [6.45, 7) is 3.21. The molecule has 8 heteroatoms. The lowest BCUT2D eigenvalue weighted by atomic mass is 10.3. The van der Waals surface area contributed by atoms with Crippen LogP contribution in [0.3, 0.4) is 0 Å². The van der Waals surface area contributed by atoms with Gasteiger partial charge in [0.1, 0.15) is 11.5 Å². The molecule has 2 aromatic rings. The van der Waals surface area contributed by atoms with Crippen LogP contribution in [0.4, 0.5) is 5.69 Å². The van der Waals surface area contributed by atoms with Crippen LogP contribution in [0.5, 0.6) is 11.5 Å². The number of nitrogens with one attached hydrogen (secondary N) is 1. The van der Waals surface area contributed by atoms with E-state index >= 15 is 0 Å². The minimum absolute atomic E-state index is 0.00624. The molecule has 7 nitrogen and oxygen atoms in total. The fraction of sp³-hybridized carbons (Fsp3) is 0.211. The molecule has 0 bridgehead atoms. The fourth-order valence-corrected chi connectivity index (χ4v) is 3.75. The average molecular weight is 390 g/mol. The summed E-state index contributed by atoms with van der Waals surface area (Å²) in [6.07, 6.45) is 1.43. The van der Waals surface area contributed by atoms with Crippen molar-refractivity contribution in [3.05, 3.63) is 61.2 Å². The van der Waals surface area contributed by atoms with Crippen LogP contribution < -0.4 is 14.8 Å². The highest BCUT2D eigenvalue weighted by Crippen LogP contribution is 2.23. The topological polar surface area (TPSA) is 84.9 Å². The third kappa shape index (κ3) is 5.08. The molecule has 2 rings (SSSR count). The van der Waals surface area contributed by atoms with Gasteiger partial charge in [-0.15, -0.1) is 6.58 Å². The van der Waals surface area contributed by atoms with E-state index in [4.69, 9.17) is 9.47 Å².